The van der Waals surface area contributed by atoms with Crippen LogP contribution < -0.4 is 10.1 Å². The number of nitro groups is 1. The van der Waals surface area contributed by atoms with Crippen molar-refractivity contribution in [2.24, 2.45) is 5.92 Å². The standard InChI is InChI=1S/C23H27N3O7/c1-3-33-18-12-14(11-16(22(18)28)26(30)31)20-19(23(29)25-7-9-32-10-8-25)13(2)24-15-5-4-6-17(27)21(15)20/h11-12,19-20,24,28H,2-10H2,1H3. The van der Waals surface area contributed by atoms with Crippen molar-refractivity contribution in [1.29, 1.82) is 0 Å². The van der Waals surface area contributed by atoms with Crippen LogP contribution in [0.25, 0.3) is 0 Å². The van der Waals surface area contributed by atoms with Crippen LogP contribution in [0.15, 0.2) is 35.7 Å². The van der Waals surface area contributed by atoms with E-state index in [1.54, 1.807) is 11.8 Å². The average Bonchev–Trinajstić information content (AvgIpc) is 2.80. The molecule has 0 saturated carbocycles. The first-order chi connectivity index (χ1) is 15.8. The van der Waals surface area contributed by atoms with E-state index < -0.39 is 28.2 Å². The molecular weight excluding hydrogens is 430 g/mol. The van der Waals surface area contributed by atoms with Crippen molar-refractivity contribution >= 4 is 17.4 Å². The van der Waals surface area contributed by atoms with Gasteiger partial charge in [0.15, 0.2) is 11.5 Å². The summed E-state index contributed by atoms with van der Waals surface area (Å²) >= 11 is 0. The topological polar surface area (TPSA) is 131 Å². The molecule has 2 aliphatic heterocycles. The number of ketones is 1. The molecule has 10 heteroatoms. The van der Waals surface area contributed by atoms with Crippen LogP contribution in [-0.4, -0.2) is 59.5 Å². The van der Waals surface area contributed by atoms with Crippen LogP contribution in [0.2, 0.25) is 0 Å². The minimum atomic E-state index is -0.845. The first kappa shape index (κ1) is 22.8. The number of aromatic hydroxyl groups is 1. The Labute approximate surface area is 191 Å². The van der Waals surface area contributed by atoms with Gasteiger partial charge in [-0.25, -0.2) is 0 Å². The predicted molar refractivity (Wildman–Crippen MR) is 118 cm³/mol. The van der Waals surface area contributed by atoms with Crippen LogP contribution in [0.4, 0.5) is 5.69 Å². The Morgan fingerprint density at radius 3 is 2.76 bits per heavy atom. The first-order valence-corrected chi connectivity index (χ1v) is 11.1. The van der Waals surface area contributed by atoms with Gasteiger partial charge in [0, 0.05) is 48.5 Å². The Morgan fingerprint density at radius 1 is 1.36 bits per heavy atom. The van der Waals surface area contributed by atoms with E-state index in [0.29, 0.717) is 68.1 Å². The molecule has 1 fully saturated rings. The van der Waals surface area contributed by atoms with E-state index in [9.17, 15) is 24.8 Å². The van der Waals surface area contributed by atoms with E-state index in [1.807, 2.05) is 0 Å². The number of allylic oxidation sites excluding steroid dienone is 2. The maximum atomic E-state index is 13.6. The summed E-state index contributed by atoms with van der Waals surface area (Å²) in [6.07, 6.45) is 1.63. The molecule has 2 N–H and O–H groups in total. The highest BCUT2D eigenvalue weighted by atomic mass is 16.6. The summed E-state index contributed by atoms with van der Waals surface area (Å²) in [5.74, 6) is -2.60. The second-order valence-electron chi connectivity index (χ2n) is 8.29. The van der Waals surface area contributed by atoms with Gasteiger partial charge in [0.05, 0.1) is 30.7 Å². The maximum Gasteiger partial charge on any atom is 0.314 e. The lowest BCUT2D eigenvalue weighted by Gasteiger charge is -2.41. The van der Waals surface area contributed by atoms with Gasteiger partial charge in [-0.05, 0) is 31.4 Å². The number of ether oxygens (including phenoxy) is 2. The molecule has 1 saturated heterocycles. The number of benzene rings is 1. The predicted octanol–water partition coefficient (Wildman–Crippen LogP) is 2.38. The third kappa shape index (κ3) is 4.18. The van der Waals surface area contributed by atoms with Gasteiger partial charge < -0.3 is 24.8 Å². The van der Waals surface area contributed by atoms with Gasteiger partial charge in [0.2, 0.25) is 11.7 Å². The molecule has 0 radical (unpaired) electrons. The van der Waals surface area contributed by atoms with Crippen LogP contribution in [0.3, 0.4) is 0 Å². The molecule has 2 heterocycles. The molecule has 0 aromatic heterocycles. The Bertz CT molecular complexity index is 1040. The van der Waals surface area contributed by atoms with Gasteiger partial charge >= 0.3 is 5.69 Å². The number of hydrogen-bond acceptors (Lipinski definition) is 8. The van der Waals surface area contributed by atoms with Crippen molar-refractivity contribution in [3.8, 4) is 11.5 Å². The molecule has 2 atom stereocenters. The summed E-state index contributed by atoms with van der Waals surface area (Å²) in [5.41, 5.74) is 1.41. The molecule has 33 heavy (non-hydrogen) atoms. The zero-order chi connectivity index (χ0) is 23.7. The largest absolute Gasteiger partial charge is 0.500 e. The van der Waals surface area contributed by atoms with Gasteiger partial charge in [-0.15, -0.1) is 0 Å². The van der Waals surface area contributed by atoms with Crippen molar-refractivity contribution in [2.45, 2.75) is 32.1 Å². The highest BCUT2D eigenvalue weighted by molar-refractivity contribution is 6.00. The molecule has 3 aliphatic rings. The fourth-order valence-electron chi connectivity index (χ4n) is 4.82. The van der Waals surface area contributed by atoms with Crippen molar-refractivity contribution in [2.75, 3.05) is 32.9 Å². The number of nitro benzene ring substituents is 1. The molecule has 4 rings (SSSR count). The van der Waals surface area contributed by atoms with E-state index in [0.717, 1.165) is 0 Å². The van der Waals surface area contributed by atoms with Crippen LogP contribution in [0.1, 0.15) is 37.7 Å². The number of nitrogens with zero attached hydrogens (tertiary/aromatic N) is 2. The average molecular weight is 457 g/mol. The smallest absolute Gasteiger partial charge is 0.314 e. The molecular formula is C23H27N3O7. The van der Waals surface area contributed by atoms with Crippen LogP contribution in [0.5, 0.6) is 11.5 Å². The third-order valence-electron chi connectivity index (χ3n) is 6.31. The van der Waals surface area contributed by atoms with Crippen LogP contribution in [-0.2, 0) is 14.3 Å². The van der Waals surface area contributed by atoms with E-state index >= 15 is 0 Å². The number of amides is 1. The van der Waals surface area contributed by atoms with Crippen molar-refractivity contribution in [1.82, 2.24) is 10.2 Å². The number of carbonyl (C=O) groups excluding carboxylic acids is 2. The van der Waals surface area contributed by atoms with Crippen molar-refractivity contribution < 1.29 is 29.1 Å². The van der Waals surface area contributed by atoms with Crippen LogP contribution >= 0.6 is 0 Å². The number of phenolic OH excluding ortho intramolecular Hbond substituents is 1. The summed E-state index contributed by atoms with van der Waals surface area (Å²) in [4.78, 5) is 39.4. The summed E-state index contributed by atoms with van der Waals surface area (Å²) in [6.45, 7) is 7.61. The summed E-state index contributed by atoms with van der Waals surface area (Å²) < 4.78 is 10.8. The molecule has 10 nitrogen and oxygen atoms in total. The zero-order valence-corrected chi connectivity index (χ0v) is 18.5. The minimum Gasteiger partial charge on any atom is -0.500 e. The Balaban J connectivity index is 1.89. The summed E-state index contributed by atoms with van der Waals surface area (Å²) in [5, 5.41) is 25.2. The van der Waals surface area contributed by atoms with Crippen LogP contribution in [0, 0.1) is 16.0 Å². The highest BCUT2D eigenvalue weighted by Crippen LogP contribution is 2.48. The van der Waals surface area contributed by atoms with E-state index in [4.69, 9.17) is 9.47 Å². The molecule has 2 unspecified atom stereocenters. The normalized spacial score (nSPS) is 23.1. The molecule has 0 spiro atoms. The Hall–Kier alpha value is -3.40. The number of carbonyl (C=O) groups is 2. The number of rotatable bonds is 5. The Kier molecular flexibility index (Phi) is 6.37. The number of nitrogens with one attached hydrogen (secondary N) is 1. The van der Waals surface area contributed by atoms with Gasteiger partial charge in [0.25, 0.3) is 0 Å². The summed E-state index contributed by atoms with van der Waals surface area (Å²) in [7, 11) is 0. The Morgan fingerprint density at radius 2 is 2.09 bits per heavy atom. The number of Topliss-reactive ketones (excluding diaryl/α,β-unsaturated/α-hetero) is 1. The second-order valence-corrected chi connectivity index (χ2v) is 8.29. The van der Waals surface area contributed by atoms with E-state index in [2.05, 4.69) is 11.9 Å². The van der Waals surface area contributed by atoms with Gasteiger partial charge in [-0.3, -0.25) is 19.7 Å². The fraction of sp³-hybridized carbons (Fsp3) is 0.478. The number of phenols is 1. The molecule has 1 amide bonds. The molecule has 0 bridgehead atoms. The minimum absolute atomic E-state index is 0.0613. The third-order valence-corrected chi connectivity index (χ3v) is 6.31. The van der Waals surface area contributed by atoms with Gasteiger partial charge in [0.1, 0.15) is 0 Å². The SMILES string of the molecule is C=C1NC2=C(C(=O)CCC2)C(c2cc(OCC)c(O)c([N+](=O)[O-])c2)C1C(=O)N1CCOCC1. The number of morpholine rings is 1. The lowest BCUT2D eigenvalue weighted by Crippen LogP contribution is -2.49. The number of hydrogen-bond donors (Lipinski definition) is 2. The quantitative estimate of drug-likeness (QED) is 0.509. The van der Waals surface area contributed by atoms with E-state index in [-0.39, 0.29) is 24.0 Å². The lowest BCUT2D eigenvalue weighted by molar-refractivity contribution is -0.386. The first-order valence-electron chi connectivity index (χ1n) is 11.1. The second kappa shape index (κ2) is 9.22. The fourth-order valence-corrected chi connectivity index (χ4v) is 4.82. The molecule has 1 aromatic carbocycles. The molecule has 176 valence electrons. The molecule has 1 aliphatic carbocycles. The molecule has 1 aromatic rings. The maximum absolute atomic E-state index is 13.6. The van der Waals surface area contributed by atoms with Crippen molar-refractivity contribution in [3.63, 3.8) is 0 Å². The van der Waals surface area contributed by atoms with Gasteiger partial charge in [-0.1, -0.05) is 6.58 Å². The van der Waals surface area contributed by atoms with Crippen molar-refractivity contribution in [3.05, 3.63) is 51.4 Å². The lowest BCUT2D eigenvalue weighted by atomic mass is 9.71. The van der Waals surface area contributed by atoms with Gasteiger partial charge in [-0.2, -0.15) is 0 Å². The monoisotopic (exact) mass is 457 g/mol. The zero-order valence-electron chi connectivity index (χ0n) is 18.5. The summed E-state index contributed by atoms with van der Waals surface area (Å²) in [6, 6.07) is 2.72. The van der Waals surface area contributed by atoms with E-state index in [1.165, 1.54) is 12.1 Å². The highest BCUT2D eigenvalue weighted by Gasteiger charge is 2.45.